The van der Waals surface area contributed by atoms with Crippen molar-refractivity contribution >= 4 is 23.4 Å². The van der Waals surface area contributed by atoms with E-state index in [0.29, 0.717) is 17.4 Å². The van der Waals surface area contributed by atoms with Crippen LogP contribution in [0, 0.1) is 0 Å². The fraction of sp³-hybridized carbons (Fsp3) is 0.364. The Kier molecular flexibility index (Phi) is 5.48. The van der Waals surface area contributed by atoms with Crippen molar-refractivity contribution in [3.05, 3.63) is 65.2 Å². The lowest BCUT2D eigenvalue weighted by atomic mass is 9.44. The maximum atomic E-state index is 12.1. The fourth-order valence-corrected chi connectivity index (χ4v) is 4.36. The molecule has 3 saturated carbocycles. The average molecular weight is 415 g/mol. The molecule has 2 bridgehead atoms. The number of carbonyl (C=O) groups is 2. The molecule has 0 saturated heterocycles. The first-order valence-corrected chi connectivity index (χ1v) is 9.96. The summed E-state index contributed by atoms with van der Waals surface area (Å²) in [5, 5.41) is 6.70. The summed E-state index contributed by atoms with van der Waals surface area (Å²) >= 11 is 5.83. The molecule has 0 atom stereocenters. The van der Waals surface area contributed by atoms with Gasteiger partial charge in [0, 0.05) is 16.1 Å². The summed E-state index contributed by atoms with van der Waals surface area (Å²) < 4.78 is 10.9. The summed E-state index contributed by atoms with van der Waals surface area (Å²) in [7, 11) is 0. The molecular formula is C22H23ClN2O4. The Hall–Kier alpha value is -2.57. The van der Waals surface area contributed by atoms with Crippen LogP contribution in [0.1, 0.15) is 24.8 Å². The van der Waals surface area contributed by atoms with Gasteiger partial charge in [-0.1, -0.05) is 41.9 Å². The molecule has 7 heteroatoms. The van der Waals surface area contributed by atoms with Crippen LogP contribution in [-0.4, -0.2) is 36.1 Å². The molecule has 6 nitrogen and oxygen atoms in total. The van der Waals surface area contributed by atoms with Gasteiger partial charge in [-0.3, -0.25) is 9.59 Å². The molecule has 2 N–H and O–H groups in total. The smallest absolute Gasteiger partial charge is 0.258 e. The van der Waals surface area contributed by atoms with Crippen LogP contribution < -0.4 is 15.4 Å². The summed E-state index contributed by atoms with van der Waals surface area (Å²) in [4.78, 5) is 24.3. The van der Waals surface area contributed by atoms with Gasteiger partial charge < -0.3 is 20.1 Å². The van der Waals surface area contributed by atoms with Crippen molar-refractivity contribution in [3.63, 3.8) is 0 Å². The second-order valence-corrected chi connectivity index (χ2v) is 8.34. The van der Waals surface area contributed by atoms with Crippen molar-refractivity contribution in [1.82, 2.24) is 10.6 Å². The first kappa shape index (κ1) is 19.7. The number of nitrogens with one attached hydrogen (secondary N) is 2. The summed E-state index contributed by atoms with van der Waals surface area (Å²) in [5.41, 5.74) is 0.629. The Morgan fingerprint density at radius 1 is 0.862 bits per heavy atom. The van der Waals surface area contributed by atoms with Gasteiger partial charge in [-0.05, 0) is 49.1 Å². The third kappa shape index (κ3) is 4.71. The van der Waals surface area contributed by atoms with Crippen LogP contribution in [0.15, 0.2) is 54.6 Å². The van der Waals surface area contributed by atoms with Gasteiger partial charge in [0.05, 0.1) is 6.61 Å². The molecular weight excluding hydrogens is 392 g/mol. The summed E-state index contributed by atoms with van der Waals surface area (Å²) in [6.07, 6.45) is 2.24. The zero-order chi connectivity index (χ0) is 20.3. The van der Waals surface area contributed by atoms with Crippen LogP contribution in [-0.2, 0) is 20.9 Å². The SMILES string of the molecule is O=C(COCc1ccccc1)NC12CC(NC(=O)COc3ccc(Cl)cc3)(C1)C2. The molecule has 3 aliphatic carbocycles. The number of carbonyl (C=O) groups excluding carboxylic acids is 2. The number of hydrogen-bond acceptors (Lipinski definition) is 4. The minimum atomic E-state index is -0.210. The zero-order valence-corrected chi connectivity index (χ0v) is 16.7. The van der Waals surface area contributed by atoms with Crippen molar-refractivity contribution in [2.75, 3.05) is 13.2 Å². The van der Waals surface area contributed by atoms with Crippen LogP contribution in [0.25, 0.3) is 0 Å². The van der Waals surface area contributed by atoms with E-state index in [-0.39, 0.29) is 36.1 Å². The van der Waals surface area contributed by atoms with Crippen LogP contribution in [0.5, 0.6) is 5.75 Å². The van der Waals surface area contributed by atoms with Crippen LogP contribution in [0.3, 0.4) is 0 Å². The van der Waals surface area contributed by atoms with Gasteiger partial charge in [0.1, 0.15) is 12.4 Å². The number of amides is 2. The number of hydrogen-bond donors (Lipinski definition) is 2. The van der Waals surface area contributed by atoms with Gasteiger partial charge in [-0.2, -0.15) is 0 Å². The average Bonchev–Trinajstić information content (AvgIpc) is 2.66. The Morgan fingerprint density at radius 3 is 2.07 bits per heavy atom. The minimum absolute atomic E-state index is 0.0327. The Balaban J connectivity index is 1.13. The van der Waals surface area contributed by atoms with Gasteiger partial charge in [-0.25, -0.2) is 0 Å². The highest BCUT2D eigenvalue weighted by molar-refractivity contribution is 6.30. The standard InChI is InChI=1S/C22H23ClN2O4/c23-17-6-8-18(9-7-17)29-12-20(27)25-22-13-21(14-22,15-22)24-19(26)11-28-10-16-4-2-1-3-5-16/h1-9H,10-15H2,(H,24,26)(H,25,27). The molecule has 2 amide bonds. The van der Waals surface area contributed by atoms with E-state index in [1.807, 2.05) is 30.3 Å². The van der Waals surface area contributed by atoms with Crippen molar-refractivity contribution in [1.29, 1.82) is 0 Å². The molecule has 2 aromatic rings. The Bertz CT molecular complexity index is 866. The molecule has 0 radical (unpaired) electrons. The first-order valence-electron chi connectivity index (χ1n) is 9.58. The molecule has 0 unspecified atom stereocenters. The van der Waals surface area contributed by atoms with Gasteiger partial charge in [0.2, 0.25) is 5.91 Å². The van der Waals surface area contributed by atoms with E-state index in [1.165, 1.54) is 0 Å². The maximum absolute atomic E-state index is 12.1. The quantitative estimate of drug-likeness (QED) is 0.661. The number of ether oxygens (including phenoxy) is 2. The van der Waals surface area contributed by atoms with E-state index in [1.54, 1.807) is 24.3 Å². The molecule has 0 spiro atoms. The predicted octanol–water partition coefficient (Wildman–Crippen LogP) is 2.84. The molecule has 3 aliphatic rings. The lowest BCUT2D eigenvalue weighted by molar-refractivity contribution is -0.152. The second-order valence-electron chi connectivity index (χ2n) is 7.91. The summed E-state index contributed by atoms with van der Waals surface area (Å²) in [6.45, 7) is 0.399. The Labute approximate surface area is 174 Å². The minimum Gasteiger partial charge on any atom is -0.484 e. The third-order valence-electron chi connectivity index (χ3n) is 5.37. The van der Waals surface area contributed by atoms with E-state index in [0.717, 1.165) is 24.8 Å². The molecule has 0 aromatic heterocycles. The first-order chi connectivity index (χ1) is 14.0. The van der Waals surface area contributed by atoms with Gasteiger partial charge in [0.25, 0.3) is 5.91 Å². The zero-order valence-electron chi connectivity index (χ0n) is 15.9. The lowest BCUT2D eigenvalue weighted by Crippen LogP contribution is -2.84. The molecule has 0 aliphatic heterocycles. The molecule has 29 heavy (non-hydrogen) atoms. The topological polar surface area (TPSA) is 76.7 Å². The summed E-state index contributed by atoms with van der Waals surface area (Å²) in [6, 6.07) is 16.6. The molecule has 3 fully saturated rings. The van der Waals surface area contributed by atoms with Crippen molar-refractivity contribution in [3.8, 4) is 5.75 Å². The molecule has 5 rings (SSSR count). The third-order valence-corrected chi connectivity index (χ3v) is 5.62. The highest BCUT2D eigenvalue weighted by Gasteiger charge is 2.69. The highest BCUT2D eigenvalue weighted by Crippen LogP contribution is 2.60. The van der Waals surface area contributed by atoms with Crippen LogP contribution in [0.4, 0.5) is 0 Å². The number of benzene rings is 2. The van der Waals surface area contributed by atoms with Crippen molar-refractivity contribution in [2.24, 2.45) is 0 Å². The van der Waals surface area contributed by atoms with Crippen LogP contribution >= 0.6 is 11.6 Å². The number of halogens is 1. The Morgan fingerprint density at radius 2 is 1.45 bits per heavy atom. The lowest BCUT2D eigenvalue weighted by Gasteiger charge is -2.70. The van der Waals surface area contributed by atoms with Crippen molar-refractivity contribution < 1.29 is 19.1 Å². The highest BCUT2D eigenvalue weighted by atomic mass is 35.5. The van der Waals surface area contributed by atoms with E-state index in [2.05, 4.69) is 10.6 Å². The monoisotopic (exact) mass is 414 g/mol. The van der Waals surface area contributed by atoms with Gasteiger partial charge in [0.15, 0.2) is 6.61 Å². The molecule has 152 valence electrons. The largest absolute Gasteiger partial charge is 0.484 e. The fourth-order valence-electron chi connectivity index (χ4n) is 4.23. The maximum Gasteiger partial charge on any atom is 0.258 e. The van der Waals surface area contributed by atoms with E-state index in [4.69, 9.17) is 21.1 Å². The van der Waals surface area contributed by atoms with Crippen LogP contribution in [0.2, 0.25) is 5.02 Å². The number of rotatable bonds is 9. The molecule has 2 aromatic carbocycles. The molecule has 0 heterocycles. The van der Waals surface area contributed by atoms with E-state index >= 15 is 0 Å². The summed E-state index contributed by atoms with van der Waals surface area (Å²) in [5.74, 6) is 0.318. The normalized spacial score (nSPS) is 24.0. The van der Waals surface area contributed by atoms with E-state index in [9.17, 15) is 9.59 Å². The van der Waals surface area contributed by atoms with Crippen molar-refractivity contribution in [2.45, 2.75) is 36.9 Å². The van der Waals surface area contributed by atoms with Gasteiger partial charge in [-0.15, -0.1) is 0 Å². The van der Waals surface area contributed by atoms with E-state index < -0.39 is 0 Å². The second kappa shape index (κ2) is 8.05. The van der Waals surface area contributed by atoms with Gasteiger partial charge >= 0.3 is 0 Å². The predicted molar refractivity (Wildman–Crippen MR) is 109 cm³/mol.